The second kappa shape index (κ2) is 9.40. The lowest BCUT2D eigenvalue weighted by molar-refractivity contribution is -0.139. The highest BCUT2D eigenvalue weighted by Crippen LogP contribution is 2.40. The van der Waals surface area contributed by atoms with Crippen molar-refractivity contribution < 1.29 is 22.7 Å². The third-order valence-electron chi connectivity index (χ3n) is 4.16. The van der Waals surface area contributed by atoms with Gasteiger partial charge in [-0.1, -0.05) is 29.3 Å². The molecule has 2 aromatic carbocycles. The molecule has 0 aromatic heterocycles. The van der Waals surface area contributed by atoms with E-state index < -0.39 is 29.4 Å². The summed E-state index contributed by atoms with van der Waals surface area (Å²) in [5.74, 6) is -2.75. The zero-order chi connectivity index (χ0) is 23.6. The Morgan fingerprint density at radius 2 is 1.65 bits per heavy atom. The average Bonchev–Trinajstić information content (AvgIpc) is 2.58. The number of nitrogens with zero attached hydrogens (tertiary/aromatic N) is 1. The van der Waals surface area contributed by atoms with Gasteiger partial charge >= 0.3 is 12.1 Å². The van der Waals surface area contributed by atoms with E-state index in [1.54, 1.807) is 27.7 Å². The largest absolute Gasteiger partial charge is 0.456 e. The Bertz CT molecular complexity index is 1010. The minimum Gasteiger partial charge on any atom is -0.456 e. The first-order chi connectivity index (χ1) is 14.2. The summed E-state index contributed by atoms with van der Waals surface area (Å²) in [6.07, 6.45) is -4.02. The van der Waals surface area contributed by atoms with Gasteiger partial charge in [-0.3, -0.25) is 0 Å². The number of aryl methyl sites for hydroxylation is 1. The van der Waals surface area contributed by atoms with Gasteiger partial charge < -0.3 is 4.74 Å². The number of hydrogen-bond donors (Lipinski definition) is 0. The van der Waals surface area contributed by atoms with Crippen LogP contribution in [0.1, 0.15) is 53.7 Å². The summed E-state index contributed by atoms with van der Waals surface area (Å²) in [7, 11) is 0. The second-order valence-corrected chi connectivity index (χ2v) is 8.77. The molecule has 0 saturated carbocycles. The number of carbonyl (C=O) groups is 1. The van der Waals surface area contributed by atoms with Crippen molar-refractivity contribution in [1.29, 1.82) is 0 Å². The third kappa shape index (κ3) is 6.80. The SMILES string of the molecule is Cc1cc(/C(=C/C(c2cc(Cl)cc(Cl)c2)C(F)(F)F)N=O)ccc1C(=O)OC(C)(C)C. The van der Waals surface area contributed by atoms with Crippen LogP contribution in [0.4, 0.5) is 13.2 Å². The number of nitroso groups, excluding NO2 is 1. The molecule has 31 heavy (non-hydrogen) atoms. The zero-order valence-corrected chi connectivity index (χ0v) is 18.7. The van der Waals surface area contributed by atoms with Gasteiger partial charge in [0.1, 0.15) is 17.2 Å². The molecule has 0 heterocycles. The number of esters is 1. The van der Waals surface area contributed by atoms with Crippen LogP contribution in [0.3, 0.4) is 0 Å². The Balaban J connectivity index is 2.50. The van der Waals surface area contributed by atoms with Gasteiger partial charge in [-0.05, 0) is 80.4 Å². The fourth-order valence-corrected chi connectivity index (χ4v) is 3.40. The predicted molar refractivity (Wildman–Crippen MR) is 115 cm³/mol. The molecule has 166 valence electrons. The van der Waals surface area contributed by atoms with Crippen molar-refractivity contribution >= 4 is 34.9 Å². The number of rotatable bonds is 5. The molecule has 9 heteroatoms. The third-order valence-corrected chi connectivity index (χ3v) is 4.60. The maximum atomic E-state index is 13.8. The number of carbonyl (C=O) groups excluding carboxylic acids is 1. The van der Waals surface area contributed by atoms with Gasteiger partial charge in [0, 0.05) is 15.6 Å². The predicted octanol–water partition coefficient (Wildman–Crippen LogP) is 7.71. The molecular formula is C22H20Cl2F3NO3. The minimum absolute atomic E-state index is 0.0309. The Morgan fingerprint density at radius 1 is 1.06 bits per heavy atom. The van der Waals surface area contributed by atoms with E-state index in [2.05, 4.69) is 5.18 Å². The monoisotopic (exact) mass is 473 g/mol. The van der Waals surface area contributed by atoms with Crippen LogP contribution in [0, 0.1) is 11.8 Å². The summed E-state index contributed by atoms with van der Waals surface area (Å²) in [5, 5.41) is 2.85. The van der Waals surface area contributed by atoms with Crippen LogP contribution in [0.2, 0.25) is 10.0 Å². The standard InChI is InChI=1S/C22H20Cl2F3NO3/c1-12-7-13(5-6-17(12)20(29)31-21(2,3)4)19(28-30)11-18(22(25,26)27)14-8-15(23)10-16(24)9-14/h5-11,18H,1-4H3/b19-11-. The van der Waals surface area contributed by atoms with Gasteiger partial charge in [-0.25, -0.2) is 4.79 Å². The summed E-state index contributed by atoms with van der Waals surface area (Å²) in [6, 6.07) is 7.70. The molecule has 1 atom stereocenters. The van der Waals surface area contributed by atoms with Crippen molar-refractivity contribution in [3.8, 4) is 0 Å². The molecule has 0 aliphatic heterocycles. The van der Waals surface area contributed by atoms with Gasteiger partial charge in [0.15, 0.2) is 0 Å². The van der Waals surface area contributed by atoms with E-state index in [0.29, 0.717) is 11.6 Å². The van der Waals surface area contributed by atoms with Crippen LogP contribution in [0.25, 0.3) is 5.70 Å². The minimum atomic E-state index is -4.73. The average molecular weight is 474 g/mol. The maximum Gasteiger partial charge on any atom is 0.399 e. The Labute approximate surface area is 188 Å². The number of halogens is 5. The quantitative estimate of drug-likeness (QED) is 0.330. The highest BCUT2D eigenvalue weighted by molar-refractivity contribution is 6.34. The molecule has 0 fully saturated rings. The molecule has 2 aromatic rings. The summed E-state index contributed by atoms with van der Waals surface area (Å²) < 4.78 is 46.6. The molecule has 0 bridgehead atoms. The molecule has 0 radical (unpaired) electrons. The Morgan fingerprint density at radius 3 is 2.10 bits per heavy atom. The van der Waals surface area contributed by atoms with Gasteiger partial charge in [0.25, 0.3) is 0 Å². The van der Waals surface area contributed by atoms with Crippen molar-refractivity contribution in [1.82, 2.24) is 0 Å². The van der Waals surface area contributed by atoms with E-state index in [1.807, 2.05) is 0 Å². The lowest BCUT2D eigenvalue weighted by atomic mass is 9.95. The van der Waals surface area contributed by atoms with Crippen LogP contribution < -0.4 is 0 Å². The highest BCUT2D eigenvalue weighted by Gasteiger charge is 2.40. The summed E-state index contributed by atoms with van der Waals surface area (Å²) in [5.41, 5.74) is -0.586. The van der Waals surface area contributed by atoms with Crippen LogP contribution in [0.5, 0.6) is 0 Å². The number of allylic oxidation sites excluding steroid dienone is 1. The first-order valence-corrected chi connectivity index (χ1v) is 9.89. The van der Waals surface area contributed by atoms with Gasteiger partial charge in [0.2, 0.25) is 0 Å². The lowest BCUT2D eigenvalue weighted by Gasteiger charge is -2.20. The van der Waals surface area contributed by atoms with Crippen LogP contribution >= 0.6 is 23.2 Å². The van der Waals surface area contributed by atoms with Gasteiger partial charge in [-0.2, -0.15) is 13.2 Å². The molecule has 0 N–H and O–H groups in total. The molecule has 2 rings (SSSR count). The van der Waals surface area contributed by atoms with Crippen molar-refractivity contribution in [2.75, 3.05) is 0 Å². The number of ether oxygens (including phenoxy) is 1. The summed E-state index contributed by atoms with van der Waals surface area (Å²) in [4.78, 5) is 23.7. The van der Waals surface area contributed by atoms with E-state index >= 15 is 0 Å². The normalized spacial score (nSPS) is 13.6. The summed E-state index contributed by atoms with van der Waals surface area (Å²) in [6.45, 7) is 6.73. The number of hydrogen-bond acceptors (Lipinski definition) is 4. The fraction of sp³-hybridized carbons (Fsp3) is 0.318. The summed E-state index contributed by atoms with van der Waals surface area (Å²) >= 11 is 11.7. The van der Waals surface area contributed by atoms with Crippen molar-refractivity contribution in [3.63, 3.8) is 0 Å². The molecule has 0 spiro atoms. The fourth-order valence-electron chi connectivity index (χ4n) is 2.86. The smallest absolute Gasteiger partial charge is 0.399 e. The van der Waals surface area contributed by atoms with Crippen LogP contribution in [-0.4, -0.2) is 17.7 Å². The van der Waals surface area contributed by atoms with Crippen LogP contribution in [0.15, 0.2) is 47.7 Å². The Hall–Kier alpha value is -2.38. The van der Waals surface area contributed by atoms with Gasteiger partial charge in [-0.15, -0.1) is 4.91 Å². The van der Waals surface area contributed by atoms with Crippen molar-refractivity contribution in [2.45, 2.75) is 45.4 Å². The van der Waals surface area contributed by atoms with Crippen molar-refractivity contribution in [3.05, 3.63) is 79.7 Å². The molecule has 0 amide bonds. The molecule has 1 unspecified atom stereocenters. The number of benzene rings is 2. The molecule has 4 nitrogen and oxygen atoms in total. The number of alkyl halides is 3. The van der Waals surface area contributed by atoms with Gasteiger partial charge in [0.05, 0.1) is 5.56 Å². The first kappa shape index (κ1) is 24.9. The second-order valence-electron chi connectivity index (χ2n) is 7.90. The lowest BCUT2D eigenvalue weighted by Crippen LogP contribution is -2.24. The topological polar surface area (TPSA) is 55.7 Å². The van der Waals surface area contributed by atoms with E-state index in [4.69, 9.17) is 27.9 Å². The molecular weight excluding hydrogens is 454 g/mol. The van der Waals surface area contributed by atoms with E-state index in [-0.39, 0.29) is 26.7 Å². The first-order valence-electron chi connectivity index (χ1n) is 9.13. The Kier molecular flexibility index (Phi) is 7.55. The zero-order valence-electron chi connectivity index (χ0n) is 17.2. The maximum absolute atomic E-state index is 13.8. The van der Waals surface area contributed by atoms with E-state index in [0.717, 1.165) is 12.1 Å². The molecule has 0 saturated heterocycles. The highest BCUT2D eigenvalue weighted by atomic mass is 35.5. The molecule has 0 aliphatic rings. The van der Waals surface area contributed by atoms with Crippen LogP contribution in [-0.2, 0) is 4.74 Å². The molecule has 0 aliphatic carbocycles. The van der Waals surface area contributed by atoms with E-state index in [1.165, 1.54) is 24.3 Å². The van der Waals surface area contributed by atoms with E-state index in [9.17, 15) is 22.9 Å². The van der Waals surface area contributed by atoms with Crippen molar-refractivity contribution in [2.24, 2.45) is 5.18 Å².